The molecule has 34 heavy (non-hydrogen) atoms. The van der Waals surface area contributed by atoms with Crippen LogP contribution in [0.5, 0.6) is 11.5 Å². The summed E-state index contributed by atoms with van der Waals surface area (Å²) >= 11 is 2.23. The molecule has 0 aliphatic carbocycles. The van der Waals surface area contributed by atoms with Crippen LogP contribution in [0.25, 0.3) is 10.8 Å². The third-order valence-corrected chi connectivity index (χ3v) is 5.82. The second-order valence-electron chi connectivity index (χ2n) is 7.41. The molecule has 0 aromatic heterocycles. The first kappa shape index (κ1) is 23.5. The zero-order valence-corrected chi connectivity index (χ0v) is 20.6. The van der Waals surface area contributed by atoms with Crippen LogP contribution in [0.1, 0.15) is 18.1 Å². The van der Waals surface area contributed by atoms with Gasteiger partial charge in [-0.1, -0.05) is 36.4 Å². The van der Waals surface area contributed by atoms with Crippen LogP contribution in [0.4, 0.5) is 11.4 Å². The number of hydrogen-bond donors (Lipinski definition) is 1. The van der Waals surface area contributed by atoms with Crippen molar-refractivity contribution in [2.45, 2.75) is 13.5 Å². The Kier molecular flexibility index (Phi) is 7.58. The number of nitro benzene ring substituents is 1. The molecule has 0 saturated heterocycles. The molecule has 172 valence electrons. The lowest BCUT2D eigenvalue weighted by atomic mass is 10.1. The van der Waals surface area contributed by atoms with Gasteiger partial charge in [0.05, 0.1) is 27.0 Å². The van der Waals surface area contributed by atoms with Gasteiger partial charge in [0.25, 0.3) is 5.69 Å². The Morgan fingerprint density at radius 3 is 2.50 bits per heavy atom. The lowest BCUT2D eigenvalue weighted by Gasteiger charge is -2.15. The first-order valence-electron chi connectivity index (χ1n) is 10.6. The van der Waals surface area contributed by atoms with Gasteiger partial charge in [-0.05, 0) is 81.7 Å². The number of hydrogen-bond acceptors (Lipinski definition) is 6. The molecule has 0 radical (unpaired) electrons. The van der Waals surface area contributed by atoms with E-state index in [-0.39, 0.29) is 5.69 Å². The molecule has 0 saturated carbocycles. The Morgan fingerprint density at radius 2 is 1.76 bits per heavy atom. The number of halogens is 1. The van der Waals surface area contributed by atoms with E-state index in [1.54, 1.807) is 18.3 Å². The molecule has 7 nitrogen and oxygen atoms in total. The summed E-state index contributed by atoms with van der Waals surface area (Å²) in [6.07, 6.45) is 1.67. The third kappa shape index (κ3) is 5.82. The topological polar surface area (TPSA) is 86.0 Å². The van der Waals surface area contributed by atoms with Crippen LogP contribution in [-0.4, -0.2) is 17.7 Å². The fourth-order valence-electron chi connectivity index (χ4n) is 3.39. The van der Waals surface area contributed by atoms with Crippen LogP contribution in [0, 0.1) is 13.7 Å². The highest BCUT2D eigenvalue weighted by molar-refractivity contribution is 14.1. The van der Waals surface area contributed by atoms with Crippen molar-refractivity contribution in [3.8, 4) is 11.5 Å². The van der Waals surface area contributed by atoms with E-state index in [0.717, 1.165) is 14.7 Å². The average Bonchev–Trinajstić information content (AvgIpc) is 2.84. The van der Waals surface area contributed by atoms with Crippen LogP contribution in [-0.2, 0) is 6.61 Å². The summed E-state index contributed by atoms with van der Waals surface area (Å²) in [6, 6.07) is 24.4. The molecule has 0 fully saturated rings. The van der Waals surface area contributed by atoms with E-state index in [1.165, 1.54) is 22.9 Å². The minimum Gasteiger partial charge on any atom is -0.490 e. The molecule has 0 spiro atoms. The minimum atomic E-state index is -0.437. The lowest BCUT2D eigenvalue weighted by molar-refractivity contribution is -0.384. The van der Waals surface area contributed by atoms with Gasteiger partial charge in [-0.15, -0.1) is 0 Å². The summed E-state index contributed by atoms with van der Waals surface area (Å²) in [6.45, 7) is 2.86. The SMILES string of the molecule is CCOc1cc(/C=N/Nc2ccc([N+](=O)[O-])cc2)cc(I)c1OCc1ccc2ccccc2c1. The number of nitrogens with zero attached hydrogens (tertiary/aromatic N) is 2. The summed E-state index contributed by atoms with van der Waals surface area (Å²) in [5.41, 5.74) is 5.47. The predicted octanol–water partition coefficient (Wildman–Crippen LogP) is 6.78. The van der Waals surface area contributed by atoms with Crippen molar-refractivity contribution in [3.05, 3.63) is 104 Å². The maximum Gasteiger partial charge on any atom is 0.269 e. The van der Waals surface area contributed by atoms with Crippen molar-refractivity contribution in [2.24, 2.45) is 5.10 Å². The molecule has 0 atom stereocenters. The van der Waals surface area contributed by atoms with Gasteiger partial charge < -0.3 is 9.47 Å². The van der Waals surface area contributed by atoms with E-state index in [1.807, 2.05) is 31.2 Å². The van der Waals surface area contributed by atoms with Crippen LogP contribution >= 0.6 is 22.6 Å². The van der Waals surface area contributed by atoms with E-state index < -0.39 is 4.92 Å². The van der Waals surface area contributed by atoms with Gasteiger partial charge >= 0.3 is 0 Å². The number of non-ortho nitro benzene ring substituents is 1. The first-order chi connectivity index (χ1) is 16.5. The normalized spacial score (nSPS) is 11.0. The molecule has 0 aliphatic heterocycles. The van der Waals surface area contributed by atoms with Crippen molar-refractivity contribution in [1.82, 2.24) is 0 Å². The second-order valence-corrected chi connectivity index (χ2v) is 8.57. The maximum atomic E-state index is 10.8. The number of rotatable bonds is 9. The van der Waals surface area contributed by atoms with Gasteiger partial charge in [-0.2, -0.15) is 5.10 Å². The molecule has 4 rings (SSSR count). The molecule has 1 N–H and O–H groups in total. The smallest absolute Gasteiger partial charge is 0.269 e. The Hall–Kier alpha value is -3.66. The number of benzene rings is 4. The summed E-state index contributed by atoms with van der Waals surface area (Å²) in [5.74, 6) is 1.34. The van der Waals surface area contributed by atoms with Gasteiger partial charge in [-0.25, -0.2) is 0 Å². The van der Waals surface area contributed by atoms with Gasteiger partial charge in [0.15, 0.2) is 11.5 Å². The van der Waals surface area contributed by atoms with Crippen molar-refractivity contribution < 1.29 is 14.4 Å². The van der Waals surface area contributed by atoms with E-state index >= 15 is 0 Å². The summed E-state index contributed by atoms with van der Waals surface area (Å²) in [7, 11) is 0. The van der Waals surface area contributed by atoms with Gasteiger partial charge in [0, 0.05) is 12.1 Å². The fourth-order valence-corrected chi connectivity index (χ4v) is 4.17. The number of nitrogens with one attached hydrogen (secondary N) is 1. The van der Waals surface area contributed by atoms with E-state index in [0.29, 0.717) is 30.4 Å². The predicted molar refractivity (Wildman–Crippen MR) is 143 cm³/mol. The third-order valence-electron chi connectivity index (χ3n) is 5.01. The van der Waals surface area contributed by atoms with Gasteiger partial charge in [0.1, 0.15) is 6.61 Å². The first-order valence-corrected chi connectivity index (χ1v) is 11.7. The van der Waals surface area contributed by atoms with Gasteiger partial charge in [0.2, 0.25) is 0 Å². The van der Waals surface area contributed by atoms with Crippen molar-refractivity contribution in [3.63, 3.8) is 0 Å². The van der Waals surface area contributed by atoms with E-state index in [9.17, 15) is 10.1 Å². The van der Waals surface area contributed by atoms with Crippen molar-refractivity contribution in [1.29, 1.82) is 0 Å². The molecule has 4 aromatic carbocycles. The molecular formula is C26H22IN3O4. The van der Waals surface area contributed by atoms with Crippen molar-refractivity contribution in [2.75, 3.05) is 12.0 Å². The molecule has 0 amide bonds. The molecule has 0 bridgehead atoms. The summed E-state index contributed by atoms with van der Waals surface area (Å²) in [4.78, 5) is 10.3. The zero-order chi connectivity index (χ0) is 23.9. The van der Waals surface area contributed by atoms with Gasteiger partial charge in [-0.3, -0.25) is 15.5 Å². The Bertz CT molecular complexity index is 1340. The quantitative estimate of drug-likeness (QED) is 0.104. The minimum absolute atomic E-state index is 0.0321. The van der Waals surface area contributed by atoms with Crippen LogP contribution in [0.3, 0.4) is 0 Å². The molecule has 0 heterocycles. The fraction of sp³-hybridized carbons (Fsp3) is 0.115. The number of hydrazone groups is 1. The number of nitro groups is 1. The van der Waals surface area contributed by atoms with Crippen LogP contribution in [0.2, 0.25) is 0 Å². The highest BCUT2D eigenvalue weighted by Crippen LogP contribution is 2.34. The van der Waals surface area contributed by atoms with E-state index in [4.69, 9.17) is 9.47 Å². The monoisotopic (exact) mass is 567 g/mol. The zero-order valence-electron chi connectivity index (χ0n) is 18.4. The molecular weight excluding hydrogens is 545 g/mol. The Balaban J connectivity index is 1.47. The summed E-state index contributed by atoms with van der Waals surface area (Å²) < 4.78 is 12.9. The number of ether oxygens (including phenoxy) is 2. The highest BCUT2D eigenvalue weighted by Gasteiger charge is 2.12. The Morgan fingerprint density at radius 1 is 1.00 bits per heavy atom. The largest absolute Gasteiger partial charge is 0.490 e. The molecule has 4 aromatic rings. The maximum absolute atomic E-state index is 10.8. The van der Waals surface area contributed by atoms with Crippen LogP contribution < -0.4 is 14.9 Å². The molecule has 0 aliphatic rings. The molecule has 8 heteroatoms. The van der Waals surface area contributed by atoms with E-state index in [2.05, 4.69) is 63.4 Å². The van der Waals surface area contributed by atoms with Crippen LogP contribution in [0.15, 0.2) is 84.0 Å². The second kappa shape index (κ2) is 11.0. The average molecular weight is 567 g/mol. The number of fused-ring (bicyclic) bond motifs is 1. The number of anilines is 1. The highest BCUT2D eigenvalue weighted by atomic mass is 127. The van der Waals surface area contributed by atoms with Crippen molar-refractivity contribution >= 4 is 51.0 Å². The lowest BCUT2D eigenvalue weighted by Crippen LogP contribution is -2.03. The summed E-state index contributed by atoms with van der Waals surface area (Å²) in [5, 5.41) is 17.4. The Labute approximate surface area is 210 Å². The molecule has 0 unspecified atom stereocenters. The standard InChI is InChI=1S/C26H22IN3O4/c1-2-33-25-15-19(16-28-29-22-9-11-23(12-10-22)30(31)32)14-24(27)26(25)34-17-18-7-8-20-5-3-4-6-21(20)13-18/h3-16,29H,2,17H2,1H3/b28-16+.